The monoisotopic (exact) mass is 584 g/mol. The normalized spacial score (nSPS) is 11.9. The molecule has 0 fully saturated rings. The van der Waals surface area contributed by atoms with Gasteiger partial charge in [-0.05, 0) is 34.4 Å². The van der Waals surface area contributed by atoms with Gasteiger partial charge in [0.25, 0.3) is 0 Å². The zero-order chi connectivity index (χ0) is 30.5. The van der Waals surface area contributed by atoms with E-state index in [-0.39, 0.29) is 10.9 Å². The van der Waals surface area contributed by atoms with Gasteiger partial charge in [-0.3, -0.25) is 9.59 Å². The first-order chi connectivity index (χ1) is 21.5. The first kappa shape index (κ1) is 28.0. The fraction of sp³-hybridized carbons (Fsp3) is 0.263. The molecule has 7 aromatic carbocycles. The van der Waals surface area contributed by atoms with E-state index >= 15 is 0 Å². The minimum Gasteiger partial charge on any atom is -0.496 e. The molecule has 0 aliphatic rings. The SMILES string of the molecule is CCCCNc1cc(OC)c2c3c(OC)cc(NCCCC)c4c(=O)c5ccccc5c(c43)c3c4ccccc4c(=O)c1c23. The van der Waals surface area contributed by atoms with Gasteiger partial charge in [-0.1, -0.05) is 75.2 Å². The predicted molar refractivity (Wildman–Crippen MR) is 186 cm³/mol. The van der Waals surface area contributed by atoms with Gasteiger partial charge < -0.3 is 20.1 Å². The quantitative estimate of drug-likeness (QED) is 0.0952. The van der Waals surface area contributed by atoms with Gasteiger partial charge in [0, 0.05) is 68.9 Å². The van der Waals surface area contributed by atoms with E-state index in [4.69, 9.17) is 9.47 Å². The van der Waals surface area contributed by atoms with Crippen LogP contribution in [0.2, 0.25) is 0 Å². The number of hydrogen-bond acceptors (Lipinski definition) is 6. The number of ether oxygens (including phenoxy) is 2. The number of methoxy groups -OCH3 is 2. The van der Waals surface area contributed by atoms with Crippen molar-refractivity contribution in [2.75, 3.05) is 37.9 Å². The first-order valence-corrected chi connectivity index (χ1v) is 15.6. The van der Waals surface area contributed by atoms with Crippen molar-refractivity contribution < 1.29 is 9.47 Å². The molecule has 0 aromatic heterocycles. The van der Waals surface area contributed by atoms with Crippen molar-refractivity contribution in [3.05, 3.63) is 81.1 Å². The molecule has 0 aliphatic carbocycles. The van der Waals surface area contributed by atoms with E-state index in [9.17, 15) is 9.59 Å². The summed E-state index contributed by atoms with van der Waals surface area (Å²) in [5.74, 6) is 1.26. The van der Waals surface area contributed by atoms with Crippen LogP contribution < -0.4 is 31.0 Å². The molecule has 0 atom stereocenters. The summed E-state index contributed by atoms with van der Waals surface area (Å²) in [5.41, 5.74) is 1.46. The highest BCUT2D eigenvalue weighted by Gasteiger charge is 2.28. The fourth-order valence-electron chi connectivity index (χ4n) is 7.04. The summed E-state index contributed by atoms with van der Waals surface area (Å²) in [6.07, 6.45) is 4.01. The molecule has 0 amide bonds. The third kappa shape index (κ3) is 3.93. The van der Waals surface area contributed by atoms with E-state index in [1.165, 1.54) is 0 Å². The molecule has 6 heteroatoms. The zero-order valence-electron chi connectivity index (χ0n) is 25.6. The summed E-state index contributed by atoms with van der Waals surface area (Å²) in [7, 11) is 3.32. The average molecular weight is 585 g/mol. The van der Waals surface area contributed by atoms with Gasteiger partial charge in [-0.15, -0.1) is 0 Å². The van der Waals surface area contributed by atoms with Gasteiger partial charge in [-0.2, -0.15) is 0 Å². The number of unbranched alkanes of at least 4 members (excludes halogenated alkanes) is 2. The maximum absolute atomic E-state index is 14.4. The molecule has 44 heavy (non-hydrogen) atoms. The largest absolute Gasteiger partial charge is 0.496 e. The maximum atomic E-state index is 14.4. The fourth-order valence-corrected chi connectivity index (χ4v) is 7.04. The zero-order valence-corrected chi connectivity index (χ0v) is 25.6. The van der Waals surface area contributed by atoms with Crippen molar-refractivity contribution in [3.8, 4) is 11.5 Å². The van der Waals surface area contributed by atoms with Crippen LogP contribution in [0.1, 0.15) is 39.5 Å². The molecule has 0 saturated carbocycles. The molecule has 7 aromatic rings. The lowest BCUT2D eigenvalue weighted by molar-refractivity contribution is 0.417. The highest BCUT2D eigenvalue weighted by atomic mass is 16.5. The lowest BCUT2D eigenvalue weighted by atomic mass is 9.83. The first-order valence-electron chi connectivity index (χ1n) is 15.6. The highest BCUT2D eigenvalue weighted by Crippen LogP contribution is 2.52. The molecule has 0 saturated heterocycles. The molecule has 0 unspecified atom stereocenters. The minimum absolute atomic E-state index is 0.0245. The van der Waals surface area contributed by atoms with Gasteiger partial charge in [0.05, 0.1) is 25.0 Å². The Morgan fingerprint density at radius 3 is 1.27 bits per heavy atom. The molecule has 2 N–H and O–H groups in total. The molecule has 0 heterocycles. The molecular formula is C38H36N2O4. The van der Waals surface area contributed by atoms with Crippen molar-refractivity contribution in [1.82, 2.24) is 0 Å². The second-order valence-corrected chi connectivity index (χ2v) is 11.6. The molecule has 7 rings (SSSR count). The van der Waals surface area contributed by atoms with Crippen molar-refractivity contribution in [2.24, 2.45) is 0 Å². The maximum Gasteiger partial charge on any atom is 0.196 e. The van der Waals surface area contributed by atoms with E-state index in [0.29, 0.717) is 33.0 Å². The number of benzene rings is 7. The van der Waals surface area contributed by atoms with Gasteiger partial charge in [0.2, 0.25) is 0 Å². The van der Waals surface area contributed by atoms with Crippen molar-refractivity contribution in [3.63, 3.8) is 0 Å². The molecule has 0 radical (unpaired) electrons. The Balaban J connectivity index is 1.86. The van der Waals surface area contributed by atoms with Gasteiger partial charge >= 0.3 is 0 Å². The van der Waals surface area contributed by atoms with E-state index < -0.39 is 0 Å². The van der Waals surface area contributed by atoms with Crippen molar-refractivity contribution >= 4 is 76.0 Å². The van der Waals surface area contributed by atoms with Gasteiger partial charge in [0.15, 0.2) is 10.9 Å². The third-order valence-electron chi connectivity index (χ3n) is 9.05. The smallest absolute Gasteiger partial charge is 0.196 e. The summed E-state index contributed by atoms with van der Waals surface area (Å²) >= 11 is 0. The summed E-state index contributed by atoms with van der Waals surface area (Å²) in [5, 5.41) is 16.5. The summed E-state index contributed by atoms with van der Waals surface area (Å²) in [4.78, 5) is 28.9. The Labute approximate surface area is 255 Å². The van der Waals surface area contributed by atoms with E-state index in [2.05, 4.69) is 24.5 Å². The predicted octanol–water partition coefficient (Wildman–Crippen LogP) is 8.64. The summed E-state index contributed by atoms with van der Waals surface area (Å²) in [6, 6.07) is 19.5. The minimum atomic E-state index is -0.0245. The number of rotatable bonds is 10. The van der Waals surface area contributed by atoms with E-state index in [0.717, 1.165) is 93.2 Å². The van der Waals surface area contributed by atoms with Crippen LogP contribution in [0.25, 0.3) is 64.6 Å². The standard InChI is InChI=1S/C38H36N2O4/c1-5-7-17-39-25-19-27(43-3)33-34-28(44-4)20-26(40-18-8-6-2)32-36(34)30(22-14-10-12-16-24(22)38(32)42)29-21-13-9-11-15-23(21)37(41)31(25)35(29)33/h9-16,19-20,39-40H,5-8,17-18H2,1-4H3. The summed E-state index contributed by atoms with van der Waals surface area (Å²) in [6.45, 7) is 5.77. The topological polar surface area (TPSA) is 76.7 Å². The molecule has 0 bridgehead atoms. The Kier molecular flexibility index (Phi) is 7.00. The number of nitrogens with one attached hydrogen (secondary N) is 2. The molecule has 222 valence electrons. The van der Waals surface area contributed by atoms with Gasteiger partial charge in [0.1, 0.15) is 11.5 Å². The lowest BCUT2D eigenvalue weighted by Gasteiger charge is -2.23. The number of anilines is 2. The van der Waals surface area contributed by atoms with Crippen LogP contribution in [0.5, 0.6) is 11.5 Å². The molecule has 0 aliphatic heterocycles. The number of hydrogen-bond donors (Lipinski definition) is 2. The summed E-state index contributed by atoms with van der Waals surface area (Å²) < 4.78 is 12.2. The van der Waals surface area contributed by atoms with E-state index in [1.807, 2.05) is 60.7 Å². The van der Waals surface area contributed by atoms with E-state index in [1.54, 1.807) is 14.2 Å². The third-order valence-corrected chi connectivity index (χ3v) is 9.05. The van der Waals surface area contributed by atoms with Crippen LogP contribution in [-0.2, 0) is 0 Å². The van der Waals surface area contributed by atoms with Crippen LogP contribution in [-0.4, -0.2) is 27.3 Å². The second-order valence-electron chi connectivity index (χ2n) is 11.6. The van der Waals surface area contributed by atoms with Crippen LogP contribution in [0.3, 0.4) is 0 Å². The van der Waals surface area contributed by atoms with Crippen LogP contribution in [0.15, 0.2) is 70.3 Å². The lowest BCUT2D eigenvalue weighted by Crippen LogP contribution is -2.12. The van der Waals surface area contributed by atoms with Crippen LogP contribution >= 0.6 is 0 Å². The molecule has 6 nitrogen and oxygen atoms in total. The Morgan fingerprint density at radius 1 is 0.523 bits per heavy atom. The molecular weight excluding hydrogens is 548 g/mol. The number of fused-ring (bicyclic) bond motifs is 6. The van der Waals surface area contributed by atoms with Crippen LogP contribution in [0.4, 0.5) is 11.4 Å². The highest BCUT2D eigenvalue weighted by molar-refractivity contribution is 6.45. The van der Waals surface area contributed by atoms with Crippen molar-refractivity contribution in [1.29, 1.82) is 0 Å². The van der Waals surface area contributed by atoms with Crippen molar-refractivity contribution in [2.45, 2.75) is 39.5 Å². The Hall–Kier alpha value is -4.84. The Morgan fingerprint density at radius 2 is 0.909 bits per heavy atom. The Bertz CT molecular complexity index is 2170. The second kappa shape index (κ2) is 11.0. The van der Waals surface area contributed by atoms with Gasteiger partial charge in [-0.25, -0.2) is 0 Å². The molecule has 0 spiro atoms. The van der Waals surface area contributed by atoms with Crippen LogP contribution in [0, 0.1) is 0 Å². The average Bonchev–Trinajstić information content (AvgIpc) is 3.05.